The maximum absolute atomic E-state index is 11.1. The second kappa shape index (κ2) is 5.46. The molecule has 0 bridgehead atoms. The van der Waals surface area contributed by atoms with Crippen LogP contribution in [-0.2, 0) is 14.6 Å². The highest BCUT2D eigenvalue weighted by atomic mass is 32.2. The molecule has 1 saturated heterocycles. The van der Waals surface area contributed by atoms with Crippen molar-refractivity contribution in [2.24, 2.45) is 0 Å². The maximum atomic E-state index is 11.1. The Hall–Kier alpha value is -0.620. The van der Waals surface area contributed by atoms with Crippen LogP contribution in [0.2, 0.25) is 0 Å². The summed E-state index contributed by atoms with van der Waals surface area (Å²) < 4.78 is 22.3. The van der Waals surface area contributed by atoms with E-state index in [1.807, 2.05) is 0 Å². The van der Waals surface area contributed by atoms with Gasteiger partial charge in [0.25, 0.3) is 0 Å². The molecule has 0 aromatic carbocycles. The lowest BCUT2D eigenvalue weighted by molar-refractivity contribution is -0.119. The van der Waals surface area contributed by atoms with Crippen LogP contribution in [0.1, 0.15) is 19.8 Å². The molecular weight excluding hydrogens is 216 g/mol. The van der Waals surface area contributed by atoms with E-state index in [2.05, 4.69) is 10.6 Å². The van der Waals surface area contributed by atoms with Gasteiger partial charge in [-0.05, 0) is 6.42 Å². The SMILES string of the molecule is CCS(=O)(=O)CCNCC1CCC(=O)N1. The number of carbonyl (C=O) groups is 1. The summed E-state index contributed by atoms with van der Waals surface area (Å²) in [5.74, 6) is 0.446. The van der Waals surface area contributed by atoms with Crippen LogP contribution >= 0.6 is 0 Å². The van der Waals surface area contributed by atoms with Gasteiger partial charge in [-0.2, -0.15) is 0 Å². The van der Waals surface area contributed by atoms with E-state index in [9.17, 15) is 13.2 Å². The van der Waals surface area contributed by atoms with Crippen molar-refractivity contribution in [1.29, 1.82) is 0 Å². The molecule has 0 aromatic rings. The molecule has 1 fully saturated rings. The van der Waals surface area contributed by atoms with Crippen LogP contribution in [0.15, 0.2) is 0 Å². The van der Waals surface area contributed by atoms with Crippen LogP contribution in [0.5, 0.6) is 0 Å². The summed E-state index contributed by atoms with van der Waals surface area (Å²) in [7, 11) is -2.88. The maximum Gasteiger partial charge on any atom is 0.220 e. The Morgan fingerprint density at radius 2 is 2.27 bits per heavy atom. The zero-order valence-electron chi connectivity index (χ0n) is 8.95. The molecule has 1 aliphatic rings. The van der Waals surface area contributed by atoms with Crippen LogP contribution < -0.4 is 10.6 Å². The minimum absolute atomic E-state index is 0.0861. The molecule has 1 amide bonds. The lowest BCUT2D eigenvalue weighted by Gasteiger charge is -2.10. The predicted octanol–water partition coefficient (Wildman–Crippen LogP) is -0.711. The molecule has 5 nitrogen and oxygen atoms in total. The van der Waals surface area contributed by atoms with E-state index in [1.54, 1.807) is 6.92 Å². The zero-order valence-corrected chi connectivity index (χ0v) is 9.77. The molecule has 1 atom stereocenters. The number of hydrogen-bond acceptors (Lipinski definition) is 4. The molecule has 1 aliphatic heterocycles. The number of sulfone groups is 1. The van der Waals surface area contributed by atoms with Crippen molar-refractivity contribution < 1.29 is 13.2 Å². The van der Waals surface area contributed by atoms with Crippen molar-refractivity contribution in [2.75, 3.05) is 24.6 Å². The van der Waals surface area contributed by atoms with Gasteiger partial charge in [-0.15, -0.1) is 0 Å². The van der Waals surface area contributed by atoms with Crippen LogP contribution in [0.3, 0.4) is 0 Å². The summed E-state index contributed by atoms with van der Waals surface area (Å²) >= 11 is 0. The Balaban J connectivity index is 2.10. The first kappa shape index (κ1) is 12.4. The van der Waals surface area contributed by atoms with Crippen molar-refractivity contribution in [1.82, 2.24) is 10.6 Å². The zero-order chi connectivity index (χ0) is 11.3. The quantitative estimate of drug-likeness (QED) is 0.595. The van der Waals surface area contributed by atoms with E-state index in [0.717, 1.165) is 6.42 Å². The van der Waals surface area contributed by atoms with Crippen molar-refractivity contribution in [2.45, 2.75) is 25.8 Å². The fraction of sp³-hybridized carbons (Fsp3) is 0.889. The van der Waals surface area contributed by atoms with E-state index in [1.165, 1.54) is 0 Å². The molecule has 0 aliphatic carbocycles. The summed E-state index contributed by atoms with van der Waals surface area (Å²) in [6.07, 6.45) is 1.42. The number of amides is 1. The third-order valence-corrected chi connectivity index (χ3v) is 4.21. The standard InChI is InChI=1S/C9H18N2O3S/c1-2-15(13,14)6-5-10-7-8-3-4-9(12)11-8/h8,10H,2-7H2,1H3,(H,11,12). The van der Waals surface area contributed by atoms with Crippen LogP contribution in [-0.4, -0.2) is 45.0 Å². The summed E-state index contributed by atoms with van der Waals surface area (Å²) in [6.45, 7) is 2.76. The lowest BCUT2D eigenvalue weighted by Crippen LogP contribution is -2.37. The van der Waals surface area contributed by atoms with Gasteiger partial charge in [0.2, 0.25) is 5.91 Å². The van der Waals surface area contributed by atoms with Crippen molar-refractivity contribution in [3.8, 4) is 0 Å². The van der Waals surface area contributed by atoms with Crippen LogP contribution in [0, 0.1) is 0 Å². The topological polar surface area (TPSA) is 75.3 Å². The molecule has 1 heterocycles. The Morgan fingerprint density at radius 1 is 1.53 bits per heavy atom. The average Bonchev–Trinajstić information content (AvgIpc) is 2.59. The Labute approximate surface area is 90.5 Å². The van der Waals surface area contributed by atoms with Crippen LogP contribution in [0.25, 0.3) is 0 Å². The first-order valence-electron chi connectivity index (χ1n) is 5.24. The lowest BCUT2D eigenvalue weighted by atomic mass is 10.2. The second-order valence-corrected chi connectivity index (χ2v) is 6.22. The number of nitrogens with one attached hydrogen (secondary N) is 2. The van der Waals surface area contributed by atoms with E-state index < -0.39 is 9.84 Å². The van der Waals surface area contributed by atoms with Gasteiger partial charge in [-0.3, -0.25) is 4.79 Å². The Kier molecular flexibility index (Phi) is 4.53. The third-order valence-electron chi connectivity index (χ3n) is 2.51. The average molecular weight is 234 g/mol. The van der Waals surface area contributed by atoms with Gasteiger partial charge in [-0.1, -0.05) is 6.92 Å². The second-order valence-electron chi connectivity index (χ2n) is 3.74. The van der Waals surface area contributed by atoms with E-state index in [0.29, 0.717) is 19.5 Å². The molecular formula is C9H18N2O3S. The number of hydrogen-bond donors (Lipinski definition) is 2. The Morgan fingerprint density at radius 3 is 2.80 bits per heavy atom. The van der Waals surface area contributed by atoms with Crippen LogP contribution in [0.4, 0.5) is 0 Å². The number of rotatable bonds is 6. The summed E-state index contributed by atoms with van der Waals surface area (Å²) in [5.41, 5.74) is 0. The molecule has 15 heavy (non-hydrogen) atoms. The molecule has 0 aromatic heterocycles. The first-order chi connectivity index (χ1) is 7.03. The van der Waals surface area contributed by atoms with E-state index in [4.69, 9.17) is 0 Å². The van der Waals surface area contributed by atoms with Gasteiger partial charge >= 0.3 is 0 Å². The molecule has 1 unspecified atom stereocenters. The van der Waals surface area contributed by atoms with Gasteiger partial charge in [-0.25, -0.2) is 8.42 Å². The Bertz CT molecular complexity index is 313. The minimum atomic E-state index is -2.88. The highest BCUT2D eigenvalue weighted by molar-refractivity contribution is 7.91. The van der Waals surface area contributed by atoms with Crippen molar-refractivity contribution >= 4 is 15.7 Å². The smallest absolute Gasteiger partial charge is 0.220 e. The van der Waals surface area contributed by atoms with Gasteiger partial charge in [0.05, 0.1) is 5.75 Å². The van der Waals surface area contributed by atoms with Gasteiger partial charge in [0.1, 0.15) is 0 Å². The van der Waals surface area contributed by atoms with E-state index >= 15 is 0 Å². The fourth-order valence-corrected chi connectivity index (χ4v) is 2.22. The van der Waals surface area contributed by atoms with Gasteiger partial charge < -0.3 is 10.6 Å². The van der Waals surface area contributed by atoms with Crippen molar-refractivity contribution in [3.05, 3.63) is 0 Å². The molecule has 0 saturated carbocycles. The molecule has 0 spiro atoms. The van der Waals surface area contributed by atoms with E-state index in [-0.39, 0.29) is 23.5 Å². The minimum Gasteiger partial charge on any atom is -0.352 e. The van der Waals surface area contributed by atoms with Gasteiger partial charge in [0.15, 0.2) is 9.84 Å². The summed E-state index contributed by atoms with van der Waals surface area (Å²) in [5, 5.41) is 5.86. The molecule has 6 heteroatoms. The molecule has 0 radical (unpaired) electrons. The monoisotopic (exact) mass is 234 g/mol. The summed E-state index contributed by atoms with van der Waals surface area (Å²) in [6, 6.07) is 0.168. The highest BCUT2D eigenvalue weighted by Crippen LogP contribution is 2.04. The highest BCUT2D eigenvalue weighted by Gasteiger charge is 2.19. The largest absolute Gasteiger partial charge is 0.352 e. The first-order valence-corrected chi connectivity index (χ1v) is 7.06. The van der Waals surface area contributed by atoms with Gasteiger partial charge in [0, 0.05) is 31.3 Å². The fourth-order valence-electron chi connectivity index (χ4n) is 1.48. The normalized spacial score (nSPS) is 21.7. The molecule has 2 N–H and O–H groups in total. The predicted molar refractivity (Wildman–Crippen MR) is 58.4 cm³/mol. The summed E-state index contributed by atoms with van der Waals surface area (Å²) in [4.78, 5) is 10.9. The molecule has 1 rings (SSSR count). The van der Waals surface area contributed by atoms with Crippen molar-refractivity contribution in [3.63, 3.8) is 0 Å². The number of carbonyl (C=O) groups excluding carboxylic acids is 1. The third kappa shape index (κ3) is 4.61. The molecule has 88 valence electrons.